The second-order valence-electron chi connectivity index (χ2n) is 5.93. The number of methoxy groups -OCH3 is 1. The van der Waals surface area contributed by atoms with Crippen LogP contribution in [0, 0.1) is 0 Å². The van der Waals surface area contributed by atoms with Gasteiger partial charge >= 0.3 is 5.97 Å². The molecule has 0 unspecified atom stereocenters. The van der Waals surface area contributed by atoms with Crippen LogP contribution in [-0.2, 0) is 9.53 Å². The first kappa shape index (κ1) is 18.5. The average Bonchev–Trinajstić information content (AvgIpc) is 3.26. The summed E-state index contributed by atoms with van der Waals surface area (Å²) in [6.07, 6.45) is 1.45. The molecular weight excluding hydrogens is 352 g/mol. The summed E-state index contributed by atoms with van der Waals surface area (Å²) in [5, 5.41) is 0. The summed E-state index contributed by atoms with van der Waals surface area (Å²) in [6.45, 7) is 1.18. The number of ether oxygens (including phenoxy) is 2. The third-order valence-corrected chi connectivity index (χ3v) is 4.31. The number of carbonyl (C=O) groups is 3. The molecule has 8 nitrogen and oxygen atoms in total. The third-order valence-electron chi connectivity index (χ3n) is 4.31. The minimum Gasteiger partial charge on any atom is -0.496 e. The van der Waals surface area contributed by atoms with Gasteiger partial charge in [-0.15, -0.1) is 0 Å². The largest absolute Gasteiger partial charge is 0.496 e. The van der Waals surface area contributed by atoms with Crippen molar-refractivity contribution in [3.8, 4) is 5.75 Å². The van der Waals surface area contributed by atoms with E-state index < -0.39 is 5.97 Å². The SMILES string of the molecule is COc1ccccc1C(=O)OCC(=O)N1CCN(C(=O)c2ccco2)CC1. The van der Waals surface area contributed by atoms with Crippen LogP contribution in [-0.4, -0.2) is 67.5 Å². The monoisotopic (exact) mass is 372 g/mol. The van der Waals surface area contributed by atoms with Gasteiger partial charge in [0.05, 0.1) is 13.4 Å². The van der Waals surface area contributed by atoms with Crippen molar-refractivity contribution >= 4 is 17.8 Å². The summed E-state index contributed by atoms with van der Waals surface area (Å²) in [7, 11) is 1.46. The molecule has 142 valence electrons. The maximum atomic E-state index is 12.3. The highest BCUT2D eigenvalue weighted by Gasteiger charge is 2.26. The quantitative estimate of drug-likeness (QED) is 0.738. The number of furan rings is 1. The van der Waals surface area contributed by atoms with Crippen molar-refractivity contribution in [1.29, 1.82) is 0 Å². The van der Waals surface area contributed by atoms with E-state index in [2.05, 4.69) is 0 Å². The zero-order valence-corrected chi connectivity index (χ0v) is 14.9. The molecule has 8 heteroatoms. The Labute approximate surface area is 156 Å². The highest BCUT2D eigenvalue weighted by molar-refractivity contribution is 5.94. The van der Waals surface area contributed by atoms with E-state index in [1.807, 2.05) is 0 Å². The van der Waals surface area contributed by atoms with Gasteiger partial charge in [-0.2, -0.15) is 0 Å². The fraction of sp³-hybridized carbons (Fsp3) is 0.316. The molecule has 2 heterocycles. The van der Waals surface area contributed by atoms with Crippen LogP contribution in [0.25, 0.3) is 0 Å². The van der Waals surface area contributed by atoms with E-state index in [-0.39, 0.29) is 29.7 Å². The first-order valence-corrected chi connectivity index (χ1v) is 8.51. The van der Waals surface area contributed by atoms with E-state index in [0.29, 0.717) is 31.9 Å². The number of benzene rings is 1. The Bertz CT molecular complexity index is 809. The van der Waals surface area contributed by atoms with E-state index in [1.165, 1.54) is 13.4 Å². The van der Waals surface area contributed by atoms with Crippen LogP contribution >= 0.6 is 0 Å². The van der Waals surface area contributed by atoms with Crippen molar-refractivity contribution in [1.82, 2.24) is 9.80 Å². The number of carbonyl (C=O) groups excluding carboxylic acids is 3. The second kappa shape index (κ2) is 8.39. The highest BCUT2D eigenvalue weighted by atomic mass is 16.5. The molecule has 1 aliphatic heterocycles. The Balaban J connectivity index is 1.48. The van der Waals surface area contributed by atoms with Crippen LogP contribution in [0.3, 0.4) is 0 Å². The molecular formula is C19H20N2O6. The first-order chi connectivity index (χ1) is 13.1. The normalized spacial score (nSPS) is 14.0. The summed E-state index contributed by atoms with van der Waals surface area (Å²) >= 11 is 0. The van der Waals surface area contributed by atoms with Crippen molar-refractivity contribution < 1.29 is 28.3 Å². The molecule has 0 aliphatic carbocycles. The lowest BCUT2D eigenvalue weighted by molar-refractivity contribution is -0.136. The Morgan fingerprint density at radius 2 is 1.70 bits per heavy atom. The van der Waals surface area contributed by atoms with Crippen molar-refractivity contribution in [2.75, 3.05) is 39.9 Å². The number of hydrogen-bond donors (Lipinski definition) is 0. The fourth-order valence-electron chi connectivity index (χ4n) is 2.82. The maximum Gasteiger partial charge on any atom is 0.342 e. The molecule has 0 atom stereocenters. The lowest BCUT2D eigenvalue weighted by Gasteiger charge is -2.34. The number of para-hydroxylation sites is 1. The van der Waals surface area contributed by atoms with Gasteiger partial charge in [0.1, 0.15) is 11.3 Å². The van der Waals surface area contributed by atoms with Gasteiger partial charge in [-0.1, -0.05) is 12.1 Å². The Kier molecular flexibility index (Phi) is 5.75. The summed E-state index contributed by atoms with van der Waals surface area (Å²) < 4.78 is 15.3. The topological polar surface area (TPSA) is 89.3 Å². The van der Waals surface area contributed by atoms with Gasteiger partial charge in [-0.25, -0.2) is 4.79 Å². The van der Waals surface area contributed by atoms with E-state index in [9.17, 15) is 14.4 Å². The lowest BCUT2D eigenvalue weighted by Crippen LogP contribution is -2.51. The van der Waals surface area contributed by atoms with Gasteiger partial charge < -0.3 is 23.7 Å². The Hall–Kier alpha value is -3.29. The van der Waals surface area contributed by atoms with Crippen LogP contribution in [0.2, 0.25) is 0 Å². The molecule has 1 saturated heterocycles. The molecule has 0 saturated carbocycles. The van der Waals surface area contributed by atoms with Gasteiger partial charge in [0, 0.05) is 26.2 Å². The van der Waals surface area contributed by atoms with Crippen LogP contribution in [0.1, 0.15) is 20.9 Å². The van der Waals surface area contributed by atoms with Crippen LogP contribution in [0.15, 0.2) is 47.1 Å². The highest BCUT2D eigenvalue weighted by Crippen LogP contribution is 2.18. The molecule has 1 aliphatic rings. The number of piperazine rings is 1. The molecule has 0 bridgehead atoms. The summed E-state index contributed by atoms with van der Waals surface area (Å²) in [5.74, 6) is -0.453. The van der Waals surface area contributed by atoms with Gasteiger partial charge in [-0.3, -0.25) is 9.59 Å². The number of hydrogen-bond acceptors (Lipinski definition) is 6. The standard InChI is InChI=1S/C19H20N2O6/c1-25-15-6-3-2-5-14(15)19(24)27-13-17(22)20-8-10-21(11-9-20)18(23)16-7-4-12-26-16/h2-7,12H,8-11,13H2,1H3. The minimum absolute atomic E-state index is 0.199. The van der Waals surface area contributed by atoms with Crippen LogP contribution < -0.4 is 4.74 Å². The van der Waals surface area contributed by atoms with Crippen molar-refractivity contribution in [2.24, 2.45) is 0 Å². The summed E-state index contributed by atoms with van der Waals surface area (Å²) in [6, 6.07) is 9.92. The summed E-state index contributed by atoms with van der Waals surface area (Å²) in [5.41, 5.74) is 0.265. The molecule has 0 N–H and O–H groups in total. The zero-order chi connectivity index (χ0) is 19.2. The number of esters is 1. The third kappa shape index (κ3) is 4.28. The van der Waals surface area contributed by atoms with E-state index >= 15 is 0 Å². The first-order valence-electron chi connectivity index (χ1n) is 8.51. The number of amides is 2. The van der Waals surface area contributed by atoms with E-state index in [0.717, 1.165) is 0 Å². The lowest BCUT2D eigenvalue weighted by atomic mass is 10.2. The molecule has 1 fully saturated rings. The molecule has 27 heavy (non-hydrogen) atoms. The van der Waals surface area contributed by atoms with Crippen LogP contribution in [0.4, 0.5) is 0 Å². The predicted molar refractivity (Wildman–Crippen MR) is 94.5 cm³/mol. The predicted octanol–water partition coefficient (Wildman–Crippen LogP) is 1.43. The smallest absolute Gasteiger partial charge is 0.342 e. The van der Waals surface area contributed by atoms with Crippen molar-refractivity contribution in [3.63, 3.8) is 0 Å². The zero-order valence-electron chi connectivity index (χ0n) is 14.9. The molecule has 0 radical (unpaired) electrons. The van der Waals surface area contributed by atoms with Crippen molar-refractivity contribution in [3.05, 3.63) is 54.0 Å². The molecule has 1 aromatic carbocycles. The van der Waals surface area contributed by atoms with Gasteiger partial charge in [0.2, 0.25) is 0 Å². The van der Waals surface area contributed by atoms with E-state index in [1.54, 1.807) is 46.2 Å². The number of rotatable bonds is 5. The Morgan fingerprint density at radius 1 is 1.00 bits per heavy atom. The number of nitrogens with zero attached hydrogens (tertiary/aromatic N) is 2. The van der Waals surface area contributed by atoms with Crippen molar-refractivity contribution in [2.45, 2.75) is 0 Å². The van der Waals surface area contributed by atoms with E-state index in [4.69, 9.17) is 13.9 Å². The Morgan fingerprint density at radius 3 is 2.37 bits per heavy atom. The van der Waals surface area contributed by atoms with Crippen LogP contribution in [0.5, 0.6) is 5.75 Å². The molecule has 1 aromatic heterocycles. The molecule has 2 aromatic rings. The minimum atomic E-state index is -0.618. The average molecular weight is 372 g/mol. The molecule has 0 spiro atoms. The molecule has 3 rings (SSSR count). The second-order valence-corrected chi connectivity index (χ2v) is 5.93. The maximum absolute atomic E-state index is 12.3. The summed E-state index contributed by atoms with van der Waals surface area (Å²) in [4.78, 5) is 39.9. The van der Waals surface area contributed by atoms with Gasteiger partial charge in [0.25, 0.3) is 11.8 Å². The fourth-order valence-corrected chi connectivity index (χ4v) is 2.82. The van der Waals surface area contributed by atoms with Gasteiger partial charge in [0.15, 0.2) is 12.4 Å². The van der Waals surface area contributed by atoms with Gasteiger partial charge in [-0.05, 0) is 24.3 Å². The molecule has 2 amide bonds.